The summed E-state index contributed by atoms with van der Waals surface area (Å²) in [5.74, 6) is 0.0680. The van der Waals surface area contributed by atoms with Crippen LogP contribution in [-0.2, 0) is 4.79 Å². The molecule has 1 aromatic carbocycles. The number of Topliss-reactive ketones (excluding diaryl/α,β-unsaturated/α-hetero) is 1. The molecule has 2 nitrogen and oxygen atoms in total. The van der Waals surface area contributed by atoms with Gasteiger partial charge in [-0.1, -0.05) is 17.7 Å². The van der Waals surface area contributed by atoms with Crippen LogP contribution in [0.2, 0.25) is 5.02 Å². The topological polar surface area (TPSA) is 37.3 Å². The zero-order chi connectivity index (χ0) is 10.7. The van der Waals surface area contributed by atoms with Gasteiger partial charge in [0.15, 0.2) is 5.78 Å². The zero-order valence-corrected chi connectivity index (χ0v) is 8.80. The molecule has 3 heteroatoms. The van der Waals surface area contributed by atoms with Gasteiger partial charge >= 0.3 is 0 Å². The van der Waals surface area contributed by atoms with Gasteiger partial charge < -0.3 is 5.11 Å². The molecule has 0 saturated carbocycles. The van der Waals surface area contributed by atoms with E-state index in [9.17, 15) is 4.79 Å². The van der Waals surface area contributed by atoms with E-state index in [1.54, 1.807) is 25.1 Å². The fourth-order valence-electron chi connectivity index (χ4n) is 0.965. The second-order valence-corrected chi connectivity index (χ2v) is 3.50. The molecule has 1 rings (SSSR count). The first-order chi connectivity index (χ1) is 6.50. The van der Waals surface area contributed by atoms with Crippen LogP contribution < -0.4 is 0 Å². The largest absolute Gasteiger partial charge is 0.506 e. The monoisotopic (exact) mass is 210 g/mol. The van der Waals surface area contributed by atoms with Crippen LogP contribution in [0.15, 0.2) is 23.8 Å². The summed E-state index contributed by atoms with van der Waals surface area (Å²) in [7, 11) is 0. The summed E-state index contributed by atoms with van der Waals surface area (Å²) in [4.78, 5) is 10.9. The standard InChI is InChI=1S/C11H11ClO2/c1-7(8(2)13)5-9-3-4-11(14)10(12)6-9/h3-6,14H,1-2H3/b7-5+. The van der Waals surface area contributed by atoms with Crippen LogP contribution in [0.3, 0.4) is 0 Å². The van der Waals surface area contributed by atoms with Gasteiger partial charge in [0, 0.05) is 0 Å². The van der Waals surface area contributed by atoms with Crippen LogP contribution in [0.4, 0.5) is 0 Å². The number of phenols is 1. The second-order valence-electron chi connectivity index (χ2n) is 3.09. The minimum Gasteiger partial charge on any atom is -0.506 e. The van der Waals surface area contributed by atoms with Crippen molar-refractivity contribution in [1.82, 2.24) is 0 Å². The van der Waals surface area contributed by atoms with Crippen molar-refractivity contribution in [3.63, 3.8) is 0 Å². The first-order valence-corrected chi connectivity index (χ1v) is 4.56. The number of phenolic OH excluding ortho intramolecular Hbond substituents is 1. The van der Waals surface area contributed by atoms with Crippen LogP contribution in [0.25, 0.3) is 6.08 Å². The minimum absolute atomic E-state index is 0.0224. The van der Waals surface area contributed by atoms with E-state index in [1.807, 2.05) is 0 Å². The van der Waals surface area contributed by atoms with Crippen molar-refractivity contribution in [3.8, 4) is 5.75 Å². The Hall–Kier alpha value is -1.28. The highest BCUT2D eigenvalue weighted by molar-refractivity contribution is 6.32. The van der Waals surface area contributed by atoms with Gasteiger partial charge in [0.25, 0.3) is 0 Å². The van der Waals surface area contributed by atoms with Crippen molar-refractivity contribution < 1.29 is 9.90 Å². The molecule has 0 spiro atoms. The number of hydrogen-bond acceptors (Lipinski definition) is 2. The van der Waals surface area contributed by atoms with Gasteiger partial charge in [0.1, 0.15) is 5.75 Å². The van der Waals surface area contributed by atoms with Gasteiger partial charge in [0.2, 0.25) is 0 Å². The molecule has 1 aromatic rings. The maximum Gasteiger partial charge on any atom is 0.155 e. The summed E-state index contributed by atoms with van der Waals surface area (Å²) < 4.78 is 0. The maximum atomic E-state index is 10.9. The summed E-state index contributed by atoms with van der Waals surface area (Å²) in [6.07, 6.45) is 1.73. The molecule has 0 aromatic heterocycles. The van der Waals surface area contributed by atoms with Gasteiger partial charge in [0.05, 0.1) is 5.02 Å². The van der Waals surface area contributed by atoms with Crippen LogP contribution in [0, 0.1) is 0 Å². The lowest BCUT2D eigenvalue weighted by Gasteiger charge is -1.99. The van der Waals surface area contributed by atoms with Gasteiger partial charge in [-0.3, -0.25) is 4.79 Å². The molecule has 0 saturated heterocycles. The number of carbonyl (C=O) groups is 1. The van der Waals surface area contributed by atoms with E-state index >= 15 is 0 Å². The number of allylic oxidation sites excluding steroid dienone is 1. The van der Waals surface area contributed by atoms with E-state index < -0.39 is 0 Å². The van der Waals surface area contributed by atoms with E-state index in [0.29, 0.717) is 5.57 Å². The Morgan fingerprint density at radius 3 is 2.57 bits per heavy atom. The van der Waals surface area contributed by atoms with E-state index in [4.69, 9.17) is 16.7 Å². The van der Waals surface area contributed by atoms with E-state index in [0.717, 1.165) is 5.56 Å². The van der Waals surface area contributed by atoms with Crippen molar-refractivity contribution in [2.75, 3.05) is 0 Å². The normalized spacial score (nSPS) is 11.5. The highest BCUT2D eigenvalue weighted by Crippen LogP contribution is 2.24. The fourth-order valence-corrected chi connectivity index (χ4v) is 1.15. The number of carbonyl (C=O) groups excluding carboxylic acids is 1. The molecule has 0 aliphatic heterocycles. The highest BCUT2D eigenvalue weighted by Gasteiger charge is 2.00. The highest BCUT2D eigenvalue weighted by atomic mass is 35.5. The average Bonchev–Trinajstić information content (AvgIpc) is 2.11. The molecule has 0 bridgehead atoms. The molecule has 0 fully saturated rings. The molecule has 14 heavy (non-hydrogen) atoms. The van der Waals surface area contributed by atoms with Crippen molar-refractivity contribution in [2.45, 2.75) is 13.8 Å². The Kier molecular flexibility index (Phi) is 3.31. The maximum absolute atomic E-state index is 10.9. The number of benzene rings is 1. The van der Waals surface area contributed by atoms with Gasteiger partial charge in [-0.2, -0.15) is 0 Å². The molecule has 0 amide bonds. The van der Waals surface area contributed by atoms with Crippen molar-refractivity contribution in [1.29, 1.82) is 0 Å². The third-order valence-electron chi connectivity index (χ3n) is 1.91. The number of rotatable bonds is 2. The first kappa shape index (κ1) is 10.8. The van der Waals surface area contributed by atoms with Crippen LogP contribution in [0.5, 0.6) is 5.75 Å². The van der Waals surface area contributed by atoms with Crippen molar-refractivity contribution in [3.05, 3.63) is 34.4 Å². The smallest absolute Gasteiger partial charge is 0.155 e. The zero-order valence-electron chi connectivity index (χ0n) is 8.04. The fraction of sp³-hybridized carbons (Fsp3) is 0.182. The first-order valence-electron chi connectivity index (χ1n) is 4.18. The summed E-state index contributed by atoms with van der Waals surface area (Å²) in [5, 5.41) is 9.45. The van der Waals surface area contributed by atoms with Crippen molar-refractivity contribution in [2.24, 2.45) is 0 Å². The van der Waals surface area contributed by atoms with E-state index in [2.05, 4.69) is 0 Å². The Bertz CT molecular complexity index is 394. The molecule has 0 heterocycles. The number of halogens is 1. The number of ketones is 1. The Morgan fingerprint density at radius 2 is 2.07 bits per heavy atom. The predicted molar refractivity (Wildman–Crippen MR) is 57.4 cm³/mol. The molecule has 0 aliphatic carbocycles. The van der Waals surface area contributed by atoms with Gasteiger partial charge in [-0.05, 0) is 43.2 Å². The van der Waals surface area contributed by atoms with Crippen LogP contribution >= 0.6 is 11.6 Å². The summed E-state index contributed by atoms with van der Waals surface area (Å²) in [6, 6.07) is 4.82. The molecule has 1 N–H and O–H groups in total. The Morgan fingerprint density at radius 1 is 1.43 bits per heavy atom. The summed E-state index contributed by atoms with van der Waals surface area (Å²) in [5.41, 5.74) is 1.47. The third kappa shape index (κ3) is 2.60. The lowest BCUT2D eigenvalue weighted by Crippen LogP contribution is -1.90. The number of aromatic hydroxyl groups is 1. The second kappa shape index (κ2) is 4.29. The van der Waals surface area contributed by atoms with Crippen molar-refractivity contribution >= 4 is 23.5 Å². The molecule has 0 aliphatic rings. The molecular formula is C11H11ClO2. The minimum atomic E-state index is 0.0224. The SMILES string of the molecule is CC(=O)/C(C)=C/c1ccc(O)c(Cl)c1. The average molecular weight is 211 g/mol. The van der Waals surface area contributed by atoms with E-state index in [-0.39, 0.29) is 16.6 Å². The third-order valence-corrected chi connectivity index (χ3v) is 2.21. The quantitative estimate of drug-likeness (QED) is 0.762. The molecular weight excluding hydrogens is 200 g/mol. The molecule has 0 atom stereocenters. The van der Waals surface area contributed by atoms with E-state index in [1.165, 1.54) is 13.0 Å². The van der Waals surface area contributed by atoms with Crippen LogP contribution in [0.1, 0.15) is 19.4 Å². The molecule has 74 valence electrons. The lowest BCUT2D eigenvalue weighted by atomic mass is 10.1. The number of hydrogen-bond donors (Lipinski definition) is 1. The van der Waals surface area contributed by atoms with Gasteiger partial charge in [-0.25, -0.2) is 0 Å². The van der Waals surface area contributed by atoms with Gasteiger partial charge in [-0.15, -0.1) is 0 Å². The van der Waals surface area contributed by atoms with Crippen LogP contribution in [-0.4, -0.2) is 10.9 Å². The Balaban J connectivity index is 3.04. The summed E-state index contributed by atoms with van der Waals surface area (Å²) in [6.45, 7) is 3.25. The Labute approximate surface area is 87.8 Å². The molecule has 0 unspecified atom stereocenters. The lowest BCUT2D eigenvalue weighted by molar-refractivity contribution is -0.113. The predicted octanol–water partition coefficient (Wildman–Crippen LogP) is 3.04. The summed E-state index contributed by atoms with van der Waals surface area (Å²) >= 11 is 5.71. The molecule has 0 radical (unpaired) electrons.